The highest BCUT2D eigenvalue weighted by atomic mass is 79.9. The first-order chi connectivity index (χ1) is 6.54. The van der Waals surface area contributed by atoms with Gasteiger partial charge in [-0.2, -0.15) is 0 Å². The summed E-state index contributed by atoms with van der Waals surface area (Å²) in [6, 6.07) is 6.31. The summed E-state index contributed by atoms with van der Waals surface area (Å²) in [6.07, 6.45) is 1.10. The number of hydrogen-bond acceptors (Lipinski definition) is 1. The molecule has 2 atom stereocenters. The van der Waals surface area contributed by atoms with Gasteiger partial charge >= 0.3 is 0 Å². The fourth-order valence-electron chi connectivity index (χ4n) is 1.35. The zero-order valence-electron chi connectivity index (χ0n) is 8.43. The summed E-state index contributed by atoms with van der Waals surface area (Å²) < 4.78 is 2.14. The van der Waals surface area contributed by atoms with E-state index in [-0.39, 0.29) is 6.04 Å². The maximum Gasteiger partial charge on any atom is 0.0321 e. The van der Waals surface area contributed by atoms with Gasteiger partial charge in [-0.05, 0) is 29.7 Å². The van der Waals surface area contributed by atoms with Gasteiger partial charge in [-0.25, -0.2) is 0 Å². The molecule has 0 radical (unpaired) electrons. The van der Waals surface area contributed by atoms with Crippen molar-refractivity contribution in [3.8, 4) is 0 Å². The van der Waals surface area contributed by atoms with Gasteiger partial charge in [-0.15, -0.1) is 0 Å². The predicted octanol–water partition coefficient (Wildman–Crippen LogP) is 4.26. The van der Waals surface area contributed by atoms with Gasteiger partial charge in [0.1, 0.15) is 0 Å². The number of benzene rings is 1. The van der Waals surface area contributed by atoms with Crippen molar-refractivity contribution in [3.05, 3.63) is 32.7 Å². The second-order valence-electron chi connectivity index (χ2n) is 3.61. The first kappa shape index (κ1) is 12.2. The number of hydrogen-bond donors (Lipinski definition) is 1. The van der Waals surface area contributed by atoms with E-state index in [2.05, 4.69) is 57.8 Å². The van der Waals surface area contributed by atoms with Gasteiger partial charge in [-0.1, -0.05) is 52.1 Å². The van der Waals surface area contributed by atoms with Crippen molar-refractivity contribution in [2.45, 2.75) is 26.3 Å². The molecule has 0 aliphatic heterocycles. The lowest BCUT2D eigenvalue weighted by Gasteiger charge is -2.19. The molecule has 3 heteroatoms. The topological polar surface area (TPSA) is 26.0 Å². The molecule has 0 amide bonds. The summed E-state index contributed by atoms with van der Waals surface area (Å²) >= 11 is 6.93. The third-order valence-corrected chi connectivity index (χ3v) is 3.44. The first-order valence-electron chi connectivity index (χ1n) is 4.76. The molecule has 0 saturated heterocycles. The molecule has 0 aromatic heterocycles. The van der Waals surface area contributed by atoms with E-state index >= 15 is 0 Å². The van der Waals surface area contributed by atoms with Crippen LogP contribution in [0.1, 0.15) is 31.9 Å². The summed E-state index contributed by atoms with van der Waals surface area (Å²) in [6.45, 7) is 4.34. The van der Waals surface area contributed by atoms with Crippen LogP contribution in [0.25, 0.3) is 0 Å². The summed E-state index contributed by atoms with van der Waals surface area (Å²) in [7, 11) is 0. The van der Waals surface area contributed by atoms with E-state index in [1.54, 1.807) is 0 Å². The Kier molecular flexibility index (Phi) is 4.61. The normalized spacial score (nSPS) is 15.2. The standard InChI is InChI=1S/C11H15Br2N/c1-3-7(2)11(14)8-4-9(12)6-10(13)5-8/h4-7,11H,3,14H2,1-2H3/t7?,11-/m0/s1. The van der Waals surface area contributed by atoms with Crippen molar-refractivity contribution in [2.24, 2.45) is 11.7 Å². The molecule has 14 heavy (non-hydrogen) atoms. The van der Waals surface area contributed by atoms with Crippen molar-refractivity contribution in [3.63, 3.8) is 0 Å². The summed E-state index contributed by atoms with van der Waals surface area (Å²) in [5, 5.41) is 0. The van der Waals surface area contributed by atoms with E-state index < -0.39 is 0 Å². The monoisotopic (exact) mass is 319 g/mol. The molecule has 0 saturated carbocycles. The van der Waals surface area contributed by atoms with Gasteiger partial charge in [0, 0.05) is 15.0 Å². The molecule has 1 aromatic carbocycles. The van der Waals surface area contributed by atoms with Gasteiger partial charge < -0.3 is 5.73 Å². The third kappa shape index (κ3) is 3.07. The van der Waals surface area contributed by atoms with Crippen LogP contribution in [0.15, 0.2) is 27.1 Å². The molecule has 0 bridgehead atoms. The Morgan fingerprint density at radius 1 is 1.21 bits per heavy atom. The highest BCUT2D eigenvalue weighted by Gasteiger charge is 2.13. The van der Waals surface area contributed by atoms with Crippen LogP contribution in [0.5, 0.6) is 0 Å². The fourth-order valence-corrected chi connectivity index (χ4v) is 2.68. The quantitative estimate of drug-likeness (QED) is 0.884. The molecular weight excluding hydrogens is 306 g/mol. The Hall–Kier alpha value is 0.140. The molecular formula is C11H15Br2N. The van der Waals surface area contributed by atoms with Crippen LogP contribution < -0.4 is 5.73 Å². The Balaban J connectivity index is 2.94. The molecule has 0 spiro atoms. The van der Waals surface area contributed by atoms with E-state index in [9.17, 15) is 0 Å². The van der Waals surface area contributed by atoms with Gasteiger partial charge in [-0.3, -0.25) is 0 Å². The molecule has 0 fully saturated rings. The van der Waals surface area contributed by atoms with Crippen molar-refractivity contribution in [2.75, 3.05) is 0 Å². The summed E-state index contributed by atoms with van der Waals surface area (Å²) in [5.41, 5.74) is 7.33. The summed E-state index contributed by atoms with van der Waals surface area (Å²) in [4.78, 5) is 0. The largest absolute Gasteiger partial charge is 0.324 e. The third-order valence-electron chi connectivity index (χ3n) is 2.53. The average Bonchev–Trinajstić information content (AvgIpc) is 2.14. The average molecular weight is 321 g/mol. The lowest BCUT2D eigenvalue weighted by atomic mass is 9.93. The zero-order chi connectivity index (χ0) is 10.7. The highest BCUT2D eigenvalue weighted by molar-refractivity contribution is 9.11. The van der Waals surface area contributed by atoms with Crippen LogP contribution in [0, 0.1) is 5.92 Å². The smallest absolute Gasteiger partial charge is 0.0321 e. The molecule has 2 N–H and O–H groups in total. The second-order valence-corrected chi connectivity index (χ2v) is 5.45. The molecule has 0 heterocycles. The van der Waals surface area contributed by atoms with Crippen LogP contribution in [0.4, 0.5) is 0 Å². The summed E-state index contributed by atoms with van der Waals surface area (Å²) in [5.74, 6) is 0.510. The lowest BCUT2D eigenvalue weighted by Crippen LogP contribution is -2.18. The Morgan fingerprint density at radius 3 is 2.14 bits per heavy atom. The zero-order valence-corrected chi connectivity index (χ0v) is 11.6. The van der Waals surface area contributed by atoms with Gasteiger partial charge in [0.15, 0.2) is 0 Å². The number of nitrogens with two attached hydrogens (primary N) is 1. The van der Waals surface area contributed by atoms with Crippen molar-refractivity contribution in [1.29, 1.82) is 0 Å². The molecule has 0 aliphatic rings. The van der Waals surface area contributed by atoms with Crippen LogP contribution in [0.2, 0.25) is 0 Å². The van der Waals surface area contributed by atoms with E-state index in [0.29, 0.717) is 5.92 Å². The van der Waals surface area contributed by atoms with E-state index in [4.69, 9.17) is 5.73 Å². The highest BCUT2D eigenvalue weighted by Crippen LogP contribution is 2.27. The molecule has 78 valence electrons. The fraction of sp³-hybridized carbons (Fsp3) is 0.455. The van der Waals surface area contributed by atoms with Gasteiger partial charge in [0.2, 0.25) is 0 Å². The van der Waals surface area contributed by atoms with Crippen LogP contribution >= 0.6 is 31.9 Å². The molecule has 1 nitrogen and oxygen atoms in total. The Bertz CT molecular complexity index is 292. The predicted molar refractivity (Wildman–Crippen MR) is 68.2 cm³/mol. The first-order valence-corrected chi connectivity index (χ1v) is 6.34. The molecule has 0 aliphatic carbocycles. The van der Waals surface area contributed by atoms with Crippen molar-refractivity contribution in [1.82, 2.24) is 0 Å². The number of rotatable bonds is 3. The Labute approximate surface area is 102 Å². The van der Waals surface area contributed by atoms with E-state index in [1.807, 2.05) is 6.07 Å². The maximum atomic E-state index is 6.15. The van der Waals surface area contributed by atoms with Crippen LogP contribution in [-0.2, 0) is 0 Å². The molecule has 1 aromatic rings. The van der Waals surface area contributed by atoms with Crippen LogP contribution in [-0.4, -0.2) is 0 Å². The molecule has 1 rings (SSSR count). The second kappa shape index (κ2) is 5.29. The maximum absolute atomic E-state index is 6.15. The minimum absolute atomic E-state index is 0.119. The SMILES string of the molecule is CCC(C)[C@H](N)c1cc(Br)cc(Br)c1. The van der Waals surface area contributed by atoms with Gasteiger partial charge in [0.25, 0.3) is 0 Å². The van der Waals surface area contributed by atoms with Gasteiger partial charge in [0.05, 0.1) is 0 Å². The molecule has 1 unspecified atom stereocenters. The van der Waals surface area contributed by atoms with Crippen molar-refractivity contribution < 1.29 is 0 Å². The number of halogens is 2. The minimum atomic E-state index is 0.119. The van der Waals surface area contributed by atoms with Crippen molar-refractivity contribution >= 4 is 31.9 Å². The lowest BCUT2D eigenvalue weighted by molar-refractivity contribution is 0.456. The van der Waals surface area contributed by atoms with E-state index in [1.165, 1.54) is 5.56 Å². The Morgan fingerprint density at radius 2 is 1.71 bits per heavy atom. The minimum Gasteiger partial charge on any atom is -0.324 e. The van der Waals surface area contributed by atoms with E-state index in [0.717, 1.165) is 15.4 Å². The van der Waals surface area contributed by atoms with Crippen LogP contribution in [0.3, 0.4) is 0 Å².